The largest absolute Gasteiger partial charge is 0.322 e. The summed E-state index contributed by atoms with van der Waals surface area (Å²) in [6.07, 6.45) is 3.14. The van der Waals surface area contributed by atoms with Crippen molar-refractivity contribution < 1.29 is 13.2 Å². The average Bonchev–Trinajstić information content (AvgIpc) is 2.64. The highest BCUT2D eigenvalue weighted by Crippen LogP contribution is 2.20. The second-order valence-corrected chi connectivity index (χ2v) is 7.32. The van der Waals surface area contributed by atoms with Crippen LogP contribution in [0.2, 0.25) is 0 Å². The quantitative estimate of drug-likeness (QED) is 0.723. The Morgan fingerprint density at radius 1 is 0.923 bits per heavy atom. The van der Waals surface area contributed by atoms with Gasteiger partial charge in [-0.3, -0.25) is 14.5 Å². The number of para-hydroxylation sites is 1. The molecule has 0 saturated heterocycles. The van der Waals surface area contributed by atoms with Crippen molar-refractivity contribution in [3.63, 3.8) is 0 Å². The lowest BCUT2D eigenvalue weighted by molar-refractivity contribution is 0.102. The van der Waals surface area contributed by atoms with Gasteiger partial charge in [0.05, 0.1) is 10.6 Å². The van der Waals surface area contributed by atoms with Crippen molar-refractivity contribution in [1.82, 2.24) is 4.98 Å². The molecule has 0 fully saturated rings. The number of benzene rings is 2. The van der Waals surface area contributed by atoms with Crippen LogP contribution in [-0.4, -0.2) is 19.3 Å². The predicted molar refractivity (Wildman–Crippen MR) is 101 cm³/mol. The number of hydrogen-bond acceptors (Lipinski definition) is 4. The second kappa shape index (κ2) is 7.37. The van der Waals surface area contributed by atoms with E-state index in [1.165, 1.54) is 24.3 Å². The number of aromatic nitrogens is 1. The topological polar surface area (TPSA) is 88.2 Å². The fraction of sp³-hybridized carbons (Fsp3) is 0.0526. The van der Waals surface area contributed by atoms with E-state index in [0.29, 0.717) is 16.9 Å². The van der Waals surface area contributed by atoms with Crippen LogP contribution in [0.15, 0.2) is 78.0 Å². The van der Waals surface area contributed by atoms with Gasteiger partial charge in [0.2, 0.25) is 0 Å². The minimum atomic E-state index is -3.73. The van der Waals surface area contributed by atoms with Crippen molar-refractivity contribution in [2.75, 3.05) is 10.0 Å². The van der Waals surface area contributed by atoms with Crippen LogP contribution in [0, 0.1) is 6.92 Å². The molecule has 0 aliphatic carbocycles. The number of carbonyl (C=O) groups excluding carboxylic acids is 1. The van der Waals surface area contributed by atoms with Crippen molar-refractivity contribution in [3.8, 4) is 0 Å². The summed E-state index contributed by atoms with van der Waals surface area (Å²) < 4.78 is 27.6. The molecule has 2 aromatic carbocycles. The standard InChI is InChI=1S/C19H17N3O3S/c1-14-4-2-3-5-18(14)22-26(24,25)17-8-6-15(7-9-17)19(23)21-16-10-12-20-13-11-16/h2-13,22H,1H3,(H,20,21,23). The van der Waals surface area contributed by atoms with Gasteiger partial charge in [-0.25, -0.2) is 8.42 Å². The maximum atomic E-state index is 12.5. The van der Waals surface area contributed by atoms with Crippen molar-refractivity contribution in [3.05, 3.63) is 84.2 Å². The maximum Gasteiger partial charge on any atom is 0.261 e. The first-order chi connectivity index (χ1) is 12.5. The van der Waals surface area contributed by atoms with Gasteiger partial charge < -0.3 is 5.32 Å². The number of hydrogen-bond donors (Lipinski definition) is 2. The van der Waals surface area contributed by atoms with Gasteiger partial charge in [-0.05, 0) is 55.0 Å². The first kappa shape index (κ1) is 17.6. The van der Waals surface area contributed by atoms with Crippen molar-refractivity contribution in [1.29, 1.82) is 0 Å². The lowest BCUT2D eigenvalue weighted by atomic mass is 10.2. The Labute approximate surface area is 152 Å². The number of aryl methyl sites for hydroxylation is 1. The van der Waals surface area contributed by atoms with Gasteiger partial charge in [0.25, 0.3) is 15.9 Å². The third-order valence-corrected chi connectivity index (χ3v) is 5.14. The number of nitrogens with one attached hydrogen (secondary N) is 2. The van der Waals surface area contributed by atoms with E-state index in [2.05, 4.69) is 15.0 Å². The summed E-state index contributed by atoms with van der Waals surface area (Å²) in [5.41, 5.74) is 2.32. The van der Waals surface area contributed by atoms with Crippen LogP contribution in [0.25, 0.3) is 0 Å². The Kier molecular flexibility index (Phi) is 4.99. The number of anilines is 2. The third kappa shape index (κ3) is 4.07. The number of rotatable bonds is 5. The molecule has 0 unspecified atom stereocenters. The van der Waals surface area contributed by atoms with Gasteiger partial charge in [0.1, 0.15) is 0 Å². The first-order valence-corrected chi connectivity index (χ1v) is 9.34. The molecule has 1 amide bonds. The van der Waals surface area contributed by atoms with Gasteiger partial charge in [0.15, 0.2) is 0 Å². The Morgan fingerprint density at radius 2 is 1.58 bits per heavy atom. The molecule has 0 atom stereocenters. The fourth-order valence-electron chi connectivity index (χ4n) is 2.32. The predicted octanol–water partition coefficient (Wildman–Crippen LogP) is 3.44. The SMILES string of the molecule is Cc1ccccc1NS(=O)(=O)c1ccc(C(=O)Nc2ccncc2)cc1. The van der Waals surface area contributed by atoms with E-state index in [-0.39, 0.29) is 10.8 Å². The smallest absolute Gasteiger partial charge is 0.261 e. The van der Waals surface area contributed by atoms with Gasteiger partial charge >= 0.3 is 0 Å². The molecule has 1 aromatic heterocycles. The summed E-state index contributed by atoms with van der Waals surface area (Å²) in [4.78, 5) is 16.2. The number of nitrogens with zero attached hydrogens (tertiary/aromatic N) is 1. The van der Waals surface area contributed by atoms with E-state index in [9.17, 15) is 13.2 Å². The van der Waals surface area contributed by atoms with E-state index < -0.39 is 10.0 Å². The van der Waals surface area contributed by atoms with Gasteiger partial charge in [-0.2, -0.15) is 0 Å². The molecule has 0 aliphatic heterocycles. The van der Waals surface area contributed by atoms with E-state index in [4.69, 9.17) is 0 Å². The molecular weight excluding hydrogens is 350 g/mol. The van der Waals surface area contributed by atoms with Gasteiger partial charge in [0, 0.05) is 23.6 Å². The molecule has 26 heavy (non-hydrogen) atoms. The number of carbonyl (C=O) groups is 1. The van der Waals surface area contributed by atoms with E-state index in [1.807, 2.05) is 19.1 Å². The number of amides is 1. The molecule has 0 bridgehead atoms. The molecule has 7 heteroatoms. The molecule has 3 aromatic rings. The number of sulfonamides is 1. The lowest BCUT2D eigenvalue weighted by Gasteiger charge is -2.11. The first-order valence-electron chi connectivity index (χ1n) is 7.85. The summed E-state index contributed by atoms with van der Waals surface area (Å²) in [6.45, 7) is 1.82. The summed E-state index contributed by atoms with van der Waals surface area (Å²) in [5, 5.41) is 2.72. The van der Waals surface area contributed by atoms with Crippen LogP contribution in [0.5, 0.6) is 0 Å². The van der Waals surface area contributed by atoms with Crippen LogP contribution in [0.3, 0.4) is 0 Å². The zero-order valence-corrected chi connectivity index (χ0v) is 14.8. The van der Waals surface area contributed by atoms with E-state index >= 15 is 0 Å². The maximum absolute atomic E-state index is 12.5. The van der Waals surface area contributed by atoms with Crippen molar-refractivity contribution >= 4 is 27.3 Å². The molecule has 1 heterocycles. The minimum absolute atomic E-state index is 0.0845. The van der Waals surface area contributed by atoms with E-state index in [1.54, 1.807) is 36.7 Å². The highest BCUT2D eigenvalue weighted by atomic mass is 32.2. The molecule has 3 rings (SSSR count). The van der Waals surface area contributed by atoms with E-state index in [0.717, 1.165) is 5.56 Å². The Morgan fingerprint density at radius 3 is 2.23 bits per heavy atom. The lowest BCUT2D eigenvalue weighted by Crippen LogP contribution is -2.15. The normalized spacial score (nSPS) is 11.0. The fourth-order valence-corrected chi connectivity index (χ4v) is 3.45. The van der Waals surface area contributed by atoms with Crippen LogP contribution in [0.1, 0.15) is 15.9 Å². The van der Waals surface area contributed by atoms with Crippen LogP contribution >= 0.6 is 0 Å². The van der Waals surface area contributed by atoms with Crippen molar-refractivity contribution in [2.24, 2.45) is 0 Å². The Bertz CT molecular complexity index is 1020. The van der Waals surface area contributed by atoms with Crippen LogP contribution in [-0.2, 0) is 10.0 Å². The molecule has 6 nitrogen and oxygen atoms in total. The minimum Gasteiger partial charge on any atom is -0.322 e. The molecule has 2 N–H and O–H groups in total. The third-order valence-electron chi connectivity index (χ3n) is 3.75. The molecule has 132 valence electrons. The zero-order valence-electron chi connectivity index (χ0n) is 14.0. The highest BCUT2D eigenvalue weighted by molar-refractivity contribution is 7.92. The molecule has 0 spiro atoms. The van der Waals surface area contributed by atoms with Gasteiger partial charge in [-0.15, -0.1) is 0 Å². The van der Waals surface area contributed by atoms with Crippen molar-refractivity contribution in [2.45, 2.75) is 11.8 Å². The summed E-state index contributed by atoms with van der Waals surface area (Å²) in [6, 6.07) is 16.2. The monoisotopic (exact) mass is 367 g/mol. The molecule has 0 saturated carbocycles. The average molecular weight is 367 g/mol. The molecule has 0 aliphatic rings. The number of pyridine rings is 1. The second-order valence-electron chi connectivity index (χ2n) is 5.63. The summed E-state index contributed by atoms with van der Waals surface area (Å²) >= 11 is 0. The van der Waals surface area contributed by atoms with Gasteiger partial charge in [-0.1, -0.05) is 18.2 Å². The molecule has 0 radical (unpaired) electrons. The Hall–Kier alpha value is -3.19. The Balaban J connectivity index is 1.76. The molecular formula is C19H17N3O3S. The van der Waals surface area contributed by atoms with Crippen LogP contribution in [0.4, 0.5) is 11.4 Å². The zero-order chi connectivity index (χ0) is 18.6. The summed E-state index contributed by atoms with van der Waals surface area (Å²) in [5.74, 6) is -0.327. The summed E-state index contributed by atoms with van der Waals surface area (Å²) in [7, 11) is -3.73. The highest BCUT2D eigenvalue weighted by Gasteiger charge is 2.16. The van der Waals surface area contributed by atoms with Crippen LogP contribution < -0.4 is 10.0 Å².